The van der Waals surface area contributed by atoms with Crippen molar-refractivity contribution in [3.63, 3.8) is 0 Å². The fourth-order valence-electron chi connectivity index (χ4n) is 1.83. The summed E-state index contributed by atoms with van der Waals surface area (Å²) in [6.45, 7) is 0. The van der Waals surface area contributed by atoms with E-state index in [1.165, 1.54) is 22.1 Å². The Hall–Kier alpha value is -2.80. The van der Waals surface area contributed by atoms with Crippen LogP contribution >= 0.6 is 11.3 Å². The van der Waals surface area contributed by atoms with Crippen molar-refractivity contribution in [2.24, 2.45) is 0 Å². The minimum atomic E-state index is -1.34. The van der Waals surface area contributed by atoms with Crippen LogP contribution in [0.2, 0.25) is 0 Å². The van der Waals surface area contributed by atoms with Crippen molar-refractivity contribution in [2.75, 3.05) is 0 Å². The number of carboxylic acid groups (broad SMARTS) is 1. The minimum Gasteiger partial charge on any atom is -0.543 e. The SMILES string of the molecule is O=C([O-])/C(=C/c1cccs1)n1nnnc1-c1ccccc1. The van der Waals surface area contributed by atoms with Crippen molar-refractivity contribution in [1.29, 1.82) is 0 Å². The molecule has 0 unspecified atom stereocenters. The Bertz CT molecular complexity index is 778. The van der Waals surface area contributed by atoms with Crippen LogP contribution in [0.25, 0.3) is 23.2 Å². The number of tetrazole rings is 1. The molecule has 7 heteroatoms. The number of aromatic nitrogens is 4. The maximum atomic E-state index is 11.4. The third-order valence-electron chi connectivity index (χ3n) is 2.76. The molecule has 0 atom stereocenters. The van der Waals surface area contributed by atoms with E-state index in [4.69, 9.17) is 0 Å². The van der Waals surface area contributed by atoms with Gasteiger partial charge in [-0.1, -0.05) is 36.4 Å². The van der Waals surface area contributed by atoms with Gasteiger partial charge in [0, 0.05) is 10.4 Å². The Morgan fingerprint density at radius 3 is 2.67 bits per heavy atom. The van der Waals surface area contributed by atoms with Gasteiger partial charge in [-0.05, 0) is 27.9 Å². The lowest BCUT2D eigenvalue weighted by molar-refractivity contribution is -0.296. The quantitative estimate of drug-likeness (QED) is 0.674. The third kappa shape index (κ3) is 2.72. The Kier molecular flexibility index (Phi) is 3.57. The molecule has 0 aliphatic rings. The molecule has 0 spiro atoms. The average Bonchev–Trinajstić information content (AvgIpc) is 3.17. The maximum Gasteiger partial charge on any atom is 0.187 e. The minimum absolute atomic E-state index is 0.110. The van der Waals surface area contributed by atoms with Gasteiger partial charge in [0.15, 0.2) is 5.82 Å². The maximum absolute atomic E-state index is 11.4. The highest BCUT2D eigenvalue weighted by Crippen LogP contribution is 2.21. The van der Waals surface area contributed by atoms with E-state index in [9.17, 15) is 9.90 Å². The van der Waals surface area contributed by atoms with Gasteiger partial charge >= 0.3 is 0 Å². The lowest BCUT2D eigenvalue weighted by atomic mass is 10.2. The van der Waals surface area contributed by atoms with E-state index in [1.807, 2.05) is 29.6 Å². The summed E-state index contributed by atoms with van der Waals surface area (Å²) >= 11 is 1.42. The molecule has 0 amide bonds. The number of carbonyl (C=O) groups is 1. The molecule has 0 saturated carbocycles. The van der Waals surface area contributed by atoms with Crippen molar-refractivity contribution >= 4 is 29.1 Å². The second-order valence-corrected chi connectivity index (χ2v) is 5.09. The molecule has 104 valence electrons. The summed E-state index contributed by atoms with van der Waals surface area (Å²) in [5.74, 6) is -0.990. The highest BCUT2D eigenvalue weighted by molar-refractivity contribution is 7.10. The van der Waals surface area contributed by atoms with Crippen molar-refractivity contribution < 1.29 is 9.90 Å². The molecule has 21 heavy (non-hydrogen) atoms. The number of carbonyl (C=O) groups excluding carboxylic acids is 1. The molecule has 0 saturated heterocycles. The number of hydrogen-bond donors (Lipinski definition) is 0. The van der Waals surface area contributed by atoms with Crippen LogP contribution in [0.1, 0.15) is 4.88 Å². The Morgan fingerprint density at radius 2 is 2.00 bits per heavy atom. The van der Waals surface area contributed by atoms with Crippen molar-refractivity contribution in [3.05, 3.63) is 52.7 Å². The summed E-state index contributed by atoms with van der Waals surface area (Å²) in [5.41, 5.74) is 0.613. The van der Waals surface area contributed by atoms with E-state index in [-0.39, 0.29) is 5.70 Å². The number of nitrogens with zero attached hydrogens (tertiary/aromatic N) is 4. The van der Waals surface area contributed by atoms with Crippen LogP contribution in [0.3, 0.4) is 0 Å². The predicted octanol–water partition coefficient (Wildman–Crippen LogP) is 1.15. The predicted molar refractivity (Wildman–Crippen MR) is 76.7 cm³/mol. The summed E-state index contributed by atoms with van der Waals surface area (Å²) in [4.78, 5) is 12.2. The van der Waals surface area contributed by atoms with Gasteiger partial charge in [0.2, 0.25) is 0 Å². The fraction of sp³-hybridized carbons (Fsp3) is 0. The standard InChI is InChI=1S/C14H10N4O2S/c19-14(20)12(9-11-7-4-8-21-11)18-13(15-16-17-18)10-5-2-1-3-6-10/h1-9H,(H,19,20)/p-1/b12-9-. The number of thiophene rings is 1. The zero-order chi connectivity index (χ0) is 14.7. The molecule has 3 rings (SSSR count). The number of rotatable bonds is 4. The Morgan fingerprint density at radius 1 is 1.19 bits per heavy atom. The molecule has 1 aromatic carbocycles. The first-order valence-electron chi connectivity index (χ1n) is 6.06. The smallest absolute Gasteiger partial charge is 0.187 e. The van der Waals surface area contributed by atoms with Gasteiger partial charge < -0.3 is 9.90 Å². The highest BCUT2D eigenvalue weighted by Gasteiger charge is 2.13. The molecule has 0 radical (unpaired) electrons. The van der Waals surface area contributed by atoms with Gasteiger partial charge in [-0.25, -0.2) is 0 Å². The van der Waals surface area contributed by atoms with Crippen LogP contribution in [0, 0.1) is 0 Å². The van der Waals surface area contributed by atoms with Crippen LogP contribution in [0.15, 0.2) is 47.8 Å². The van der Waals surface area contributed by atoms with Crippen molar-refractivity contribution in [1.82, 2.24) is 20.2 Å². The lowest BCUT2D eigenvalue weighted by Crippen LogP contribution is -2.27. The molecule has 0 N–H and O–H groups in total. The monoisotopic (exact) mass is 297 g/mol. The van der Waals surface area contributed by atoms with Gasteiger partial charge in [0.05, 0.1) is 11.7 Å². The first-order chi connectivity index (χ1) is 10.3. The van der Waals surface area contributed by atoms with Crippen LogP contribution in [0.5, 0.6) is 0 Å². The number of hydrogen-bond acceptors (Lipinski definition) is 6. The highest BCUT2D eigenvalue weighted by atomic mass is 32.1. The zero-order valence-electron chi connectivity index (χ0n) is 10.7. The molecular formula is C14H9N4O2S-. The molecule has 6 nitrogen and oxygen atoms in total. The topological polar surface area (TPSA) is 83.7 Å². The largest absolute Gasteiger partial charge is 0.543 e. The molecule has 3 aromatic rings. The van der Waals surface area contributed by atoms with Gasteiger partial charge in [-0.3, -0.25) is 0 Å². The van der Waals surface area contributed by atoms with Crippen molar-refractivity contribution in [3.8, 4) is 11.4 Å². The van der Waals surface area contributed by atoms with Gasteiger partial charge in [-0.15, -0.1) is 16.4 Å². The first kappa shape index (κ1) is 13.2. The number of benzene rings is 1. The first-order valence-corrected chi connectivity index (χ1v) is 6.94. The number of carboxylic acids is 1. The summed E-state index contributed by atoms with van der Waals surface area (Å²) in [6.07, 6.45) is 1.49. The summed E-state index contributed by atoms with van der Waals surface area (Å²) in [5, 5.41) is 24.5. The molecule has 0 aliphatic heterocycles. The Balaban J connectivity index is 2.11. The van der Waals surface area contributed by atoms with E-state index >= 15 is 0 Å². The van der Waals surface area contributed by atoms with E-state index in [0.29, 0.717) is 5.82 Å². The molecule has 2 aromatic heterocycles. The summed E-state index contributed by atoms with van der Waals surface area (Å²) in [6, 6.07) is 12.8. The summed E-state index contributed by atoms with van der Waals surface area (Å²) < 4.78 is 1.17. The van der Waals surface area contributed by atoms with E-state index in [0.717, 1.165) is 10.4 Å². The molecular weight excluding hydrogens is 288 g/mol. The van der Waals surface area contributed by atoms with Gasteiger partial charge in [0.1, 0.15) is 0 Å². The van der Waals surface area contributed by atoms with Gasteiger partial charge in [-0.2, -0.15) is 4.68 Å². The zero-order valence-corrected chi connectivity index (χ0v) is 11.5. The van der Waals surface area contributed by atoms with Gasteiger partial charge in [0.25, 0.3) is 0 Å². The van der Waals surface area contributed by atoms with E-state index in [2.05, 4.69) is 15.5 Å². The normalized spacial score (nSPS) is 11.5. The molecule has 2 heterocycles. The van der Waals surface area contributed by atoms with Crippen molar-refractivity contribution in [2.45, 2.75) is 0 Å². The summed E-state index contributed by atoms with van der Waals surface area (Å²) in [7, 11) is 0. The Labute approximate surface area is 124 Å². The van der Waals surface area contributed by atoms with Crippen LogP contribution < -0.4 is 5.11 Å². The van der Waals surface area contributed by atoms with Crippen LogP contribution in [-0.2, 0) is 4.79 Å². The fourth-order valence-corrected chi connectivity index (χ4v) is 2.48. The number of aliphatic carboxylic acids is 1. The molecule has 0 aliphatic carbocycles. The second-order valence-electron chi connectivity index (χ2n) is 4.11. The second kappa shape index (κ2) is 5.68. The van der Waals surface area contributed by atoms with E-state index in [1.54, 1.807) is 18.2 Å². The van der Waals surface area contributed by atoms with Crippen LogP contribution in [-0.4, -0.2) is 26.2 Å². The molecule has 0 fully saturated rings. The lowest BCUT2D eigenvalue weighted by Gasteiger charge is -2.10. The average molecular weight is 297 g/mol. The molecule has 0 bridgehead atoms. The van der Waals surface area contributed by atoms with Crippen LogP contribution in [0.4, 0.5) is 0 Å². The third-order valence-corrected chi connectivity index (χ3v) is 3.58. The van der Waals surface area contributed by atoms with E-state index < -0.39 is 5.97 Å².